The largest absolute Gasteiger partial charge is 0.469 e. The van der Waals surface area contributed by atoms with Gasteiger partial charge in [0.15, 0.2) is 5.78 Å². The van der Waals surface area contributed by atoms with E-state index in [9.17, 15) is 9.59 Å². The maximum absolute atomic E-state index is 14.2. The average Bonchev–Trinajstić information content (AvgIpc) is 2.77. The first-order valence-electron chi connectivity index (χ1n) is 13.8. The lowest BCUT2D eigenvalue weighted by Gasteiger charge is -2.70. The molecular formula is C30H47NO3. The van der Waals surface area contributed by atoms with Gasteiger partial charge in [0.2, 0.25) is 0 Å². The Bertz CT molecular complexity index is 937. The van der Waals surface area contributed by atoms with Gasteiger partial charge >= 0.3 is 5.97 Å². The van der Waals surface area contributed by atoms with Gasteiger partial charge in [-0.25, -0.2) is 0 Å². The van der Waals surface area contributed by atoms with Crippen LogP contribution < -0.4 is 5.73 Å². The number of carbonyl (C=O) groups is 2. The van der Waals surface area contributed by atoms with E-state index >= 15 is 0 Å². The molecule has 4 fully saturated rings. The second-order valence-corrected chi connectivity index (χ2v) is 14.4. The molecular weight excluding hydrogens is 422 g/mol. The van der Waals surface area contributed by atoms with Crippen LogP contribution in [0.5, 0.6) is 0 Å². The molecule has 0 aromatic heterocycles. The van der Waals surface area contributed by atoms with Gasteiger partial charge in [0.05, 0.1) is 13.0 Å². The fraction of sp³-hybridized carbons (Fsp3) is 0.867. The number of fused-ring (bicyclic) bond motifs is 7. The minimum Gasteiger partial charge on any atom is -0.469 e. The van der Waals surface area contributed by atoms with Crippen LogP contribution >= 0.6 is 0 Å². The molecule has 0 heterocycles. The summed E-state index contributed by atoms with van der Waals surface area (Å²) in [6.07, 6.45) is 11.5. The van der Waals surface area contributed by atoms with Crippen molar-refractivity contribution in [1.82, 2.24) is 0 Å². The van der Waals surface area contributed by atoms with Gasteiger partial charge in [-0.05, 0) is 103 Å². The van der Waals surface area contributed by atoms with Crippen molar-refractivity contribution >= 4 is 11.8 Å². The van der Waals surface area contributed by atoms with Crippen molar-refractivity contribution in [1.29, 1.82) is 0 Å². The maximum Gasteiger partial charge on any atom is 0.308 e. The number of nitrogens with two attached hydrogens (primary N) is 1. The lowest BCUT2D eigenvalue weighted by Crippen LogP contribution is -2.67. The number of methoxy groups -OCH3 is 1. The molecule has 0 spiro atoms. The molecule has 4 heteroatoms. The van der Waals surface area contributed by atoms with E-state index in [0.29, 0.717) is 17.6 Å². The van der Waals surface area contributed by atoms with Crippen LogP contribution in [-0.2, 0) is 14.3 Å². The minimum atomic E-state index is -0.0741. The fourth-order valence-corrected chi connectivity index (χ4v) is 10.4. The van der Waals surface area contributed by atoms with Crippen LogP contribution in [0.15, 0.2) is 11.6 Å². The lowest BCUT2D eigenvalue weighted by molar-refractivity contribution is -0.186. The zero-order valence-electron chi connectivity index (χ0n) is 22.6. The summed E-state index contributed by atoms with van der Waals surface area (Å²) in [4.78, 5) is 26.7. The Labute approximate surface area is 206 Å². The predicted octanol–water partition coefficient (Wildman–Crippen LogP) is 6.08. The highest BCUT2D eigenvalue weighted by Gasteiger charge is 2.69. The van der Waals surface area contributed by atoms with Gasteiger partial charge in [-0.15, -0.1) is 0 Å². The molecule has 190 valence electrons. The van der Waals surface area contributed by atoms with E-state index in [0.717, 1.165) is 51.4 Å². The van der Waals surface area contributed by atoms with Crippen LogP contribution in [0.1, 0.15) is 99.3 Å². The second kappa shape index (κ2) is 7.43. The average molecular weight is 470 g/mol. The van der Waals surface area contributed by atoms with Gasteiger partial charge in [0, 0.05) is 12.0 Å². The molecule has 0 aliphatic heterocycles. The molecule has 0 aromatic carbocycles. The molecule has 0 saturated heterocycles. The van der Waals surface area contributed by atoms with E-state index in [1.54, 1.807) is 0 Å². The third-order valence-corrected chi connectivity index (χ3v) is 12.9. The van der Waals surface area contributed by atoms with Crippen LogP contribution in [-0.4, -0.2) is 24.9 Å². The number of rotatable bonds is 1. The van der Waals surface area contributed by atoms with Crippen molar-refractivity contribution in [2.24, 2.45) is 56.5 Å². The van der Waals surface area contributed by atoms with Gasteiger partial charge in [-0.1, -0.05) is 47.1 Å². The molecule has 5 aliphatic carbocycles. The molecule has 0 radical (unpaired) electrons. The monoisotopic (exact) mass is 469 g/mol. The number of ketones is 1. The number of allylic oxidation sites excluding steroid dienone is 2. The molecule has 34 heavy (non-hydrogen) atoms. The summed E-state index contributed by atoms with van der Waals surface area (Å²) in [5, 5.41) is 0. The van der Waals surface area contributed by atoms with Crippen LogP contribution in [0.2, 0.25) is 0 Å². The maximum atomic E-state index is 14.2. The molecule has 5 rings (SSSR count). The molecule has 4 nitrogen and oxygen atoms in total. The lowest BCUT2D eigenvalue weighted by atomic mass is 9.33. The summed E-state index contributed by atoms with van der Waals surface area (Å²) in [7, 11) is 1.51. The summed E-state index contributed by atoms with van der Waals surface area (Å²) in [5.41, 5.74) is 8.21. The van der Waals surface area contributed by atoms with Crippen molar-refractivity contribution in [3.05, 3.63) is 11.6 Å². The Hall–Kier alpha value is -1.16. The Balaban J connectivity index is 1.59. The molecule has 0 amide bonds. The highest BCUT2D eigenvalue weighted by atomic mass is 16.5. The van der Waals surface area contributed by atoms with Crippen molar-refractivity contribution in [2.75, 3.05) is 7.11 Å². The van der Waals surface area contributed by atoms with Crippen LogP contribution in [0.25, 0.3) is 0 Å². The minimum absolute atomic E-state index is 0.00361. The number of carbonyl (C=O) groups excluding carboxylic acids is 2. The van der Waals surface area contributed by atoms with E-state index in [4.69, 9.17) is 10.5 Å². The van der Waals surface area contributed by atoms with Gasteiger partial charge in [-0.3, -0.25) is 9.59 Å². The van der Waals surface area contributed by atoms with E-state index in [-0.39, 0.29) is 50.9 Å². The van der Waals surface area contributed by atoms with Gasteiger partial charge in [-0.2, -0.15) is 0 Å². The highest BCUT2D eigenvalue weighted by Crippen LogP contribution is 2.74. The Morgan fingerprint density at radius 3 is 2.35 bits per heavy atom. The molecule has 5 aliphatic rings. The Morgan fingerprint density at radius 2 is 1.68 bits per heavy atom. The number of hydrogen-bond donors (Lipinski definition) is 1. The van der Waals surface area contributed by atoms with Crippen LogP contribution in [0, 0.1) is 50.7 Å². The van der Waals surface area contributed by atoms with Crippen molar-refractivity contribution in [2.45, 2.75) is 105 Å². The summed E-state index contributed by atoms with van der Waals surface area (Å²) in [6, 6.07) is 0.211. The van der Waals surface area contributed by atoms with Gasteiger partial charge in [0.25, 0.3) is 0 Å². The van der Waals surface area contributed by atoms with Crippen molar-refractivity contribution in [3.63, 3.8) is 0 Å². The SMILES string of the molecule is COC(=O)[C@H]1CC[C@]2(C)CC[C@]3(C)C(=CC(=O)C4[C@@]5(C)CCC(N)C(C)(C)C5CC[C@]43C)C2C1. The number of hydrogen-bond acceptors (Lipinski definition) is 4. The third-order valence-electron chi connectivity index (χ3n) is 12.9. The van der Waals surface area contributed by atoms with Crippen LogP contribution in [0.4, 0.5) is 0 Å². The Morgan fingerprint density at radius 1 is 0.971 bits per heavy atom. The first-order chi connectivity index (χ1) is 15.7. The van der Waals surface area contributed by atoms with Crippen LogP contribution in [0.3, 0.4) is 0 Å². The van der Waals surface area contributed by atoms with E-state index in [2.05, 4.69) is 47.6 Å². The Kier molecular flexibility index (Phi) is 5.36. The summed E-state index contributed by atoms with van der Waals surface area (Å²) >= 11 is 0. The molecule has 0 bridgehead atoms. The van der Waals surface area contributed by atoms with Gasteiger partial charge in [0.1, 0.15) is 0 Å². The molecule has 0 aromatic rings. The predicted molar refractivity (Wildman–Crippen MR) is 135 cm³/mol. The molecule has 4 unspecified atom stereocenters. The van der Waals surface area contributed by atoms with E-state index in [1.165, 1.54) is 19.1 Å². The topological polar surface area (TPSA) is 69.4 Å². The fourth-order valence-electron chi connectivity index (χ4n) is 10.4. The smallest absolute Gasteiger partial charge is 0.308 e. The first-order valence-corrected chi connectivity index (χ1v) is 13.8. The van der Waals surface area contributed by atoms with Crippen molar-refractivity contribution in [3.8, 4) is 0 Å². The molecule has 4 saturated carbocycles. The molecule has 9 atom stereocenters. The zero-order chi connectivity index (χ0) is 24.9. The zero-order valence-corrected chi connectivity index (χ0v) is 22.6. The first kappa shape index (κ1) is 24.5. The van der Waals surface area contributed by atoms with Crippen molar-refractivity contribution < 1.29 is 14.3 Å². The van der Waals surface area contributed by atoms with E-state index in [1.807, 2.05) is 0 Å². The highest BCUT2D eigenvalue weighted by molar-refractivity contribution is 5.95. The summed E-state index contributed by atoms with van der Waals surface area (Å²) < 4.78 is 5.16. The quantitative estimate of drug-likeness (QED) is 0.473. The number of ether oxygens (including phenoxy) is 1. The van der Waals surface area contributed by atoms with E-state index < -0.39 is 0 Å². The second-order valence-electron chi connectivity index (χ2n) is 14.4. The summed E-state index contributed by atoms with van der Waals surface area (Å²) in [5.74, 6) is 1.08. The standard InChI is InChI=1S/C30H47NO3/c1-26(2)22-9-13-30(6)24(28(22,4)12-10-23(26)31)21(32)17-20-19-16-18(25(33)34-7)8-11-27(19,3)14-15-29(20,30)5/h17-19,22-24H,8-16,31H2,1-7H3/t18-,19?,22?,23?,24?,27+,28-,29+,30+/m0/s1. The normalized spacial score (nSPS) is 51.8. The molecule has 2 N–H and O–H groups in total. The number of esters is 1. The van der Waals surface area contributed by atoms with Gasteiger partial charge < -0.3 is 10.5 Å². The summed E-state index contributed by atoms with van der Waals surface area (Å²) in [6.45, 7) is 14.5. The third kappa shape index (κ3) is 2.93.